The molecule has 0 saturated carbocycles. The van der Waals surface area contributed by atoms with Gasteiger partial charge in [0.25, 0.3) is 0 Å². The van der Waals surface area contributed by atoms with Crippen molar-refractivity contribution < 1.29 is 4.42 Å². The Morgan fingerprint density at radius 1 is 0.743 bits per heavy atom. The van der Waals surface area contributed by atoms with Gasteiger partial charge in [-0.05, 0) is 59.4 Å². The Bertz CT molecular complexity index is 1710. The SMILES string of the molecule is CC(C)Cc1cc(CC(C)C)c2c(ccc3c(-c4cccc5c4oc4ccccc45)ncnc32)c1. The van der Waals surface area contributed by atoms with Crippen LogP contribution in [0.1, 0.15) is 38.8 Å². The maximum atomic E-state index is 6.34. The molecular formula is C32H30N2O. The molecule has 0 unspecified atom stereocenters. The van der Waals surface area contributed by atoms with Gasteiger partial charge in [-0.2, -0.15) is 0 Å². The van der Waals surface area contributed by atoms with Crippen molar-refractivity contribution in [2.45, 2.75) is 40.5 Å². The minimum atomic E-state index is 0.563. The van der Waals surface area contributed by atoms with Gasteiger partial charge in [0.15, 0.2) is 0 Å². The second-order valence-corrected chi connectivity index (χ2v) is 10.5. The normalized spacial score (nSPS) is 12.2. The quantitative estimate of drug-likeness (QED) is 0.242. The predicted octanol–water partition coefficient (Wildman–Crippen LogP) is 8.75. The molecule has 0 aliphatic heterocycles. The van der Waals surface area contributed by atoms with Crippen molar-refractivity contribution in [2.75, 3.05) is 0 Å². The predicted molar refractivity (Wildman–Crippen MR) is 147 cm³/mol. The Kier molecular flexibility index (Phi) is 5.29. The maximum absolute atomic E-state index is 6.34. The van der Waals surface area contributed by atoms with Gasteiger partial charge >= 0.3 is 0 Å². The molecule has 4 aromatic carbocycles. The Hall–Kier alpha value is -3.72. The van der Waals surface area contributed by atoms with Crippen molar-refractivity contribution in [1.82, 2.24) is 9.97 Å². The largest absolute Gasteiger partial charge is 0.455 e. The molecule has 6 rings (SSSR count). The number of aromatic nitrogens is 2. The number of fused-ring (bicyclic) bond motifs is 6. The van der Waals surface area contributed by atoms with E-state index in [-0.39, 0.29) is 0 Å². The molecule has 0 fully saturated rings. The molecule has 0 amide bonds. The van der Waals surface area contributed by atoms with Crippen molar-refractivity contribution in [3.05, 3.63) is 84.2 Å². The third kappa shape index (κ3) is 3.76. The first-order chi connectivity index (χ1) is 17.0. The van der Waals surface area contributed by atoms with E-state index in [1.54, 1.807) is 6.33 Å². The van der Waals surface area contributed by atoms with Crippen LogP contribution in [0, 0.1) is 11.8 Å². The number of rotatable bonds is 5. The Morgan fingerprint density at radius 3 is 2.37 bits per heavy atom. The molecule has 2 aromatic heterocycles. The summed E-state index contributed by atoms with van der Waals surface area (Å²) in [5, 5.41) is 5.83. The van der Waals surface area contributed by atoms with Crippen LogP contribution >= 0.6 is 0 Å². The zero-order chi connectivity index (χ0) is 24.1. The topological polar surface area (TPSA) is 38.9 Å². The summed E-state index contributed by atoms with van der Waals surface area (Å²) in [7, 11) is 0. The van der Waals surface area contributed by atoms with E-state index in [0.29, 0.717) is 11.8 Å². The molecule has 0 bridgehead atoms. The van der Waals surface area contributed by atoms with Gasteiger partial charge in [0.2, 0.25) is 0 Å². The van der Waals surface area contributed by atoms with Gasteiger partial charge in [-0.25, -0.2) is 9.97 Å². The maximum Gasteiger partial charge on any atom is 0.144 e. The van der Waals surface area contributed by atoms with Crippen molar-refractivity contribution in [3.8, 4) is 11.3 Å². The third-order valence-electron chi connectivity index (χ3n) is 6.79. The molecule has 6 aromatic rings. The number of benzene rings is 4. The van der Waals surface area contributed by atoms with E-state index in [0.717, 1.165) is 56.9 Å². The van der Waals surface area contributed by atoms with Crippen LogP contribution in [0.25, 0.3) is 54.9 Å². The van der Waals surface area contributed by atoms with E-state index in [9.17, 15) is 0 Å². The minimum absolute atomic E-state index is 0.563. The van der Waals surface area contributed by atoms with E-state index in [1.807, 2.05) is 12.1 Å². The van der Waals surface area contributed by atoms with E-state index >= 15 is 0 Å². The standard InChI is InChI=1S/C32H30N2O/c1-19(2)14-21-16-22-12-13-26-30(33-18-34-31(26)29(22)23(17-21)15-20(3)4)27-10-7-9-25-24-8-5-6-11-28(24)35-32(25)27/h5-13,16-20H,14-15H2,1-4H3. The van der Waals surface area contributed by atoms with Gasteiger partial charge in [0.05, 0.1) is 11.2 Å². The van der Waals surface area contributed by atoms with Crippen molar-refractivity contribution >= 4 is 43.6 Å². The molecule has 2 heterocycles. The number of furan rings is 1. The fourth-order valence-corrected chi connectivity index (χ4v) is 5.48. The molecule has 0 aliphatic rings. The molecule has 0 spiro atoms. The Balaban J connectivity index is 1.64. The highest BCUT2D eigenvalue weighted by Crippen LogP contribution is 2.39. The van der Waals surface area contributed by atoms with Crippen LogP contribution in [0.3, 0.4) is 0 Å². The van der Waals surface area contributed by atoms with Gasteiger partial charge in [-0.15, -0.1) is 0 Å². The molecule has 174 valence electrons. The van der Waals surface area contributed by atoms with Gasteiger partial charge in [0, 0.05) is 27.1 Å². The summed E-state index contributed by atoms with van der Waals surface area (Å²) in [5.41, 5.74) is 7.51. The molecule has 0 saturated heterocycles. The number of nitrogens with zero attached hydrogens (tertiary/aromatic N) is 2. The first-order valence-corrected chi connectivity index (χ1v) is 12.6. The molecule has 35 heavy (non-hydrogen) atoms. The summed E-state index contributed by atoms with van der Waals surface area (Å²) >= 11 is 0. The summed E-state index contributed by atoms with van der Waals surface area (Å²) < 4.78 is 6.34. The molecule has 0 atom stereocenters. The highest BCUT2D eigenvalue weighted by molar-refractivity contribution is 6.14. The summed E-state index contributed by atoms with van der Waals surface area (Å²) in [5.74, 6) is 1.19. The number of hydrogen-bond acceptors (Lipinski definition) is 3. The second-order valence-electron chi connectivity index (χ2n) is 10.5. The Labute approximate surface area is 205 Å². The monoisotopic (exact) mass is 458 g/mol. The van der Waals surface area contributed by atoms with Crippen LogP contribution in [0.5, 0.6) is 0 Å². The fraction of sp³-hybridized carbons (Fsp3) is 0.250. The average molecular weight is 459 g/mol. The van der Waals surface area contributed by atoms with Crippen LogP contribution in [0.15, 0.2) is 77.5 Å². The molecular weight excluding hydrogens is 428 g/mol. The molecule has 3 nitrogen and oxygen atoms in total. The lowest BCUT2D eigenvalue weighted by molar-refractivity contribution is 0.638. The zero-order valence-electron chi connectivity index (χ0n) is 20.8. The minimum Gasteiger partial charge on any atom is -0.455 e. The number of hydrogen-bond donors (Lipinski definition) is 0. The third-order valence-corrected chi connectivity index (χ3v) is 6.79. The summed E-state index contributed by atoms with van der Waals surface area (Å²) in [6.45, 7) is 9.14. The number of para-hydroxylation sites is 2. The summed E-state index contributed by atoms with van der Waals surface area (Å²) in [6.07, 6.45) is 3.82. The van der Waals surface area contributed by atoms with E-state index in [4.69, 9.17) is 14.4 Å². The van der Waals surface area contributed by atoms with Crippen LogP contribution < -0.4 is 0 Å². The zero-order valence-corrected chi connectivity index (χ0v) is 20.8. The van der Waals surface area contributed by atoms with Crippen molar-refractivity contribution in [2.24, 2.45) is 11.8 Å². The lowest BCUT2D eigenvalue weighted by Gasteiger charge is -2.16. The molecule has 3 heteroatoms. The second kappa shape index (κ2) is 8.49. The first kappa shape index (κ1) is 21.8. The fourth-order valence-electron chi connectivity index (χ4n) is 5.48. The van der Waals surface area contributed by atoms with Crippen LogP contribution in [-0.2, 0) is 12.8 Å². The molecule has 0 radical (unpaired) electrons. The van der Waals surface area contributed by atoms with Crippen LogP contribution in [0.2, 0.25) is 0 Å². The van der Waals surface area contributed by atoms with Gasteiger partial charge in [-0.1, -0.05) is 76.2 Å². The Morgan fingerprint density at radius 2 is 1.54 bits per heavy atom. The van der Waals surface area contributed by atoms with Crippen LogP contribution in [-0.4, -0.2) is 9.97 Å². The lowest BCUT2D eigenvalue weighted by atomic mass is 9.90. The van der Waals surface area contributed by atoms with Crippen molar-refractivity contribution in [1.29, 1.82) is 0 Å². The van der Waals surface area contributed by atoms with Crippen LogP contribution in [0.4, 0.5) is 0 Å². The summed E-state index contributed by atoms with van der Waals surface area (Å²) in [6, 6.07) is 23.7. The smallest absolute Gasteiger partial charge is 0.144 e. The van der Waals surface area contributed by atoms with Gasteiger partial charge in [0.1, 0.15) is 17.5 Å². The first-order valence-electron chi connectivity index (χ1n) is 12.6. The summed E-state index contributed by atoms with van der Waals surface area (Å²) in [4.78, 5) is 9.62. The van der Waals surface area contributed by atoms with E-state index < -0.39 is 0 Å². The van der Waals surface area contributed by atoms with E-state index in [2.05, 4.69) is 82.3 Å². The molecule has 0 N–H and O–H groups in total. The van der Waals surface area contributed by atoms with Gasteiger partial charge in [-0.3, -0.25) is 0 Å². The average Bonchev–Trinajstić information content (AvgIpc) is 3.21. The highest BCUT2D eigenvalue weighted by atomic mass is 16.3. The lowest BCUT2D eigenvalue weighted by Crippen LogP contribution is -2.01. The van der Waals surface area contributed by atoms with Gasteiger partial charge < -0.3 is 4.42 Å². The molecule has 0 aliphatic carbocycles. The van der Waals surface area contributed by atoms with Crippen molar-refractivity contribution in [3.63, 3.8) is 0 Å². The highest BCUT2D eigenvalue weighted by Gasteiger charge is 2.18. The van der Waals surface area contributed by atoms with E-state index in [1.165, 1.54) is 21.9 Å².